The summed E-state index contributed by atoms with van der Waals surface area (Å²) in [4.78, 5) is 25.1. The average molecular weight is 397 g/mol. The summed E-state index contributed by atoms with van der Waals surface area (Å²) in [5, 5.41) is 5.47. The molecule has 0 spiro atoms. The van der Waals surface area contributed by atoms with E-state index in [0.717, 1.165) is 19.1 Å². The zero-order chi connectivity index (χ0) is 20.3. The van der Waals surface area contributed by atoms with Gasteiger partial charge in [-0.25, -0.2) is 18.0 Å². The van der Waals surface area contributed by atoms with Crippen molar-refractivity contribution < 1.29 is 22.7 Å². The van der Waals surface area contributed by atoms with Crippen LogP contribution in [0.25, 0.3) is 0 Å². The normalized spacial score (nSPS) is 16.6. The van der Waals surface area contributed by atoms with E-state index in [1.807, 2.05) is 0 Å². The first-order chi connectivity index (χ1) is 12.4. The van der Waals surface area contributed by atoms with Crippen molar-refractivity contribution in [3.8, 4) is 0 Å². The van der Waals surface area contributed by atoms with Crippen molar-refractivity contribution >= 4 is 27.5 Å². The van der Waals surface area contributed by atoms with Gasteiger partial charge in [0.1, 0.15) is 11.1 Å². The first-order valence-corrected chi connectivity index (χ1v) is 11.0. The largest absolute Gasteiger partial charge is 0.458 e. The number of sulfone groups is 1. The van der Waals surface area contributed by atoms with Gasteiger partial charge in [0, 0.05) is 11.9 Å². The number of amides is 2. The Morgan fingerprint density at radius 1 is 1.19 bits per heavy atom. The quantitative estimate of drug-likeness (QED) is 0.745. The third-order valence-corrected chi connectivity index (χ3v) is 5.07. The van der Waals surface area contributed by atoms with Crippen LogP contribution in [0.15, 0.2) is 24.3 Å². The SMILES string of the molecule is CC(C)(C)OC(=O)C1(NC(=O)Nc2cccc(CS(C)(=O)=O)c2)CCCC1. The van der Waals surface area contributed by atoms with Crippen LogP contribution in [0, 0.1) is 0 Å². The number of urea groups is 1. The first-order valence-electron chi connectivity index (χ1n) is 8.98. The van der Waals surface area contributed by atoms with Crippen LogP contribution in [0.4, 0.5) is 10.5 Å². The second-order valence-corrected chi connectivity index (χ2v) is 10.3. The summed E-state index contributed by atoms with van der Waals surface area (Å²) in [6, 6.07) is 6.12. The Balaban J connectivity index is 2.09. The summed E-state index contributed by atoms with van der Waals surface area (Å²) in [6.07, 6.45) is 3.89. The van der Waals surface area contributed by atoms with Gasteiger partial charge in [0.05, 0.1) is 5.75 Å². The maximum absolute atomic E-state index is 12.7. The van der Waals surface area contributed by atoms with Crippen molar-refractivity contribution in [1.82, 2.24) is 5.32 Å². The van der Waals surface area contributed by atoms with E-state index in [4.69, 9.17) is 4.74 Å². The third-order valence-electron chi connectivity index (χ3n) is 4.21. The van der Waals surface area contributed by atoms with E-state index < -0.39 is 33.0 Å². The highest BCUT2D eigenvalue weighted by Gasteiger charge is 2.45. The fourth-order valence-corrected chi connectivity index (χ4v) is 3.94. The molecule has 0 heterocycles. The molecular formula is C19H28N2O5S. The molecule has 0 aliphatic heterocycles. The predicted molar refractivity (Wildman–Crippen MR) is 104 cm³/mol. The van der Waals surface area contributed by atoms with Crippen molar-refractivity contribution in [2.45, 2.75) is 63.3 Å². The molecule has 2 amide bonds. The highest BCUT2D eigenvalue weighted by molar-refractivity contribution is 7.89. The molecule has 0 unspecified atom stereocenters. The van der Waals surface area contributed by atoms with E-state index in [9.17, 15) is 18.0 Å². The molecule has 27 heavy (non-hydrogen) atoms. The Labute approximate surface area is 160 Å². The molecule has 0 bridgehead atoms. The average Bonchev–Trinajstić information content (AvgIpc) is 2.93. The van der Waals surface area contributed by atoms with E-state index >= 15 is 0 Å². The van der Waals surface area contributed by atoms with E-state index in [1.54, 1.807) is 45.0 Å². The monoisotopic (exact) mass is 396 g/mol. The number of ether oxygens (including phenoxy) is 1. The lowest BCUT2D eigenvalue weighted by Gasteiger charge is -2.31. The van der Waals surface area contributed by atoms with Gasteiger partial charge < -0.3 is 15.4 Å². The number of nitrogens with one attached hydrogen (secondary N) is 2. The minimum atomic E-state index is -3.17. The molecule has 2 N–H and O–H groups in total. The number of hydrogen-bond acceptors (Lipinski definition) is 5. The summed E-state index contributed by atoms with van der Waals surface area (Å²) in [5.41, 5.74) is -0.615. The van der Waals surface area contributed by atoms with E-state index in [2.05, 4.69) is 10.6 Å². The number of esters is 1. The maximum Gasteiger partial charge on any atom is 0.332 e. The summed E-state index contributed by atoms with van der Waals surface area (Å²) >= 11 is 0. The molecule has 1 aromatic rings. The molecule has 2 rings (SSSR count). The van der Waals surface area contributed by atoms with Crippen LogP contribution >= 0.6 is 0 Å². The van der Waals surface area contributed by atoms with Gasteiger partial charge in [-0.05, 0) is 51.3 Å². The van der Waals surface area contributed by atoms with Crippen molar-refractivity contribution in [1.29, 1.82) is 0 Å². The molecule has 150 valence electrons. The molecule has 7 nitrogen and oxygen atoms in total. The Bertz CT molecular complexity index is 806. The molecule has 8 heteroatoms. The van der Waals surface area contributed by atoms with Crippen LogP contribution in [-0.4, -0.2) is 37.8 Å². The highest BCUT2D eigenvalue weighted by Crippen LogP contribution is 2.32. The third kappa shape index (κ3) is 6.53. The Hall–Kier alpha value is -2.09. The molecule has 0 aromatic heterocycles. The summed E-state index contributed by atoms with van der Waals surface area (Å²) < 4.78 is 28.4. The van der Waals surface area contributed by atoms with Crippen molar-refractivity contribution in [2.75, 3.05) is 11.6 Å². The number of carbonyl (C=O) groups excluding carboxylic acids is 2. The molecule has 1 saturated carbocycles. The number of hydrogen-bond donors (Lipinski definition) is 2. The lowest BCUT2D eigenvalue weighted by atomic mass is 9.97. The van der Waals surface area contributed by atoms with Gasteiger partial charge in [-0.1, -0.05) is 25.0 Å². The van der Waals surface area contributed by atoms with Crippen molar-refractivity contribution in [3.63, 3.8) is 0 Å². The molecule has 1 aliphatic carbocycles. The van der Waals surface area contributed by atoms with Gasteiger partial charge in [0.15, 0.2) is 9.84 Å². The zero-order valence-electron chi connectivity index (χ0n) is 16.3. The van der Waals surface area contributed by atoms with Crippen LogP contribution in [0.3, 0.4) is 0 Å². The van der Waals surface area contributed by atoms with Gasteiger partial charge in [0.2, 0.25) is 0 Å². The standard InChI is InChI=1S/C19H28N2O5S/c1-18(2,3)26-16(22)19(10-5-6-11-19)21-17(23)20-15-9-7-8-14(12-15)13-27(4,24)25/h7-9,12H,5-6,10-11,13H2,1-4H3,(H2,20,21,23). The van der Waals surface area contributed by atoms with E-state index in [1.165, 1.54) is 0 Å². The fourth-order valence-electron chi connectivity index (χ4n) is 3.16. The van der Waals surface area contributed by atoms with Crippen LogP contribution in [0.1, 0.15) is 52.0 Å². The van der Waals surface area contributed by atoms with Crippen molar-refractivity contribution in [3.05, 3.63) is 29.8 Å². The van der Waals surface area contributed by atoms with Gasteiger partial charge in [-0.2, -0.15) is 0 Å². The molecule has 1 fully saturated rings. The lowest BCUT2D eigenvalue weighted by Crippen LogP contribution is -2.55. The summed E-state index contributed by atoms with van der Waals surface area (Å²) in [7, 11) is -3.17. The molecule has 0 saturated heterocycles. The van der Waals surface area contributed by atoms with Gasteiger partial charge in [-0.15, -0.1) is 0 Å². The molecule has 0 radical (unpaired) electrons. The van der Waals surface area contributed by atoms with Crippen LogP contribution in [-0.2, 0) is 25.1 Å². The second kappa shape index (κ2) is 7.88. The van der Waals surface area contributed by atoms with Crippen LogP contribution in [0.5, 0.6) is 0 Å². The number of rotatable bonds is 5. The zero-order valence-corrected chi connectivity index (χ0v) is 17.1. The Kier molecular flexibility index (Phi) is 6.19. The summed E-state index contributed by atoms with van der Waals surface area (Å²) in [5.74, 6) is -0.528. The predicted octanol–water partition coefficient (Wildman–Crippen LogP) is 3.01. The first kappa shape index (κ1) is 21.2. The number of anilines is 1. The Morgan fingerprint density at radius 2 is 1.81 bits per heavy atom. The maximum atomic E-state index is 12.7. The summed E-state index contributed by atoms with van der Waals surface area (Å²) in [6.45, 7) is 5.38. The van der Waals surface area contributed by atoms with Gasteiger partial charge in [-0.3, -0.25) is 0 Å². The second-order valence-electron chi connectivity index (χ2n) is 8.14. The minimum Gasteiger partial charge on any atom is -0.458 e. The van der Waals surface area contributed by atoms with Gasteiger partial charge in [0.25, 0.3) is 0 Å². The van der Waals surface area contributed by atoms with Crippen LogP contribution in [0.2, 0.25) is 0 Å². The highest BCUT2D eigenvalue weighted by atomic mass is 32.2. The van der Waals surface area contributed by atoms with Crippen molar-refractivity contribution in [2.24, 2.45) is 0 Å². The fraction of sp³-hybridized carbons (Fsp3) is 0.579. The van der Waals surface area contributed by atoms with Gasteiger partial charge >= 0.3 is 12.0 Å². The minimum absolute atomic E-state index is 0.105. The van der Waals surface area contributed by atoms with E-state index in [-0.39, 0.29) is 5.75 Å². The number of carbonyl (C=O) groups is 2. The molecule has 1 aromatic carbocycles. The smallest absolute Gasteiger partial charge is 0.332 e. The Morgan fingerprint density at radius 3 is 2.37 bits per heavy atom. The topological polar surface area (TPSA) is 102 Å². The van der Waals surface area contributed by atoms with E-state index in [0.29, 0.717) is 24.1 Å². The number of benzene rings is 1. The lowest BCUT2D eigenvalue weighted by molar-refractivity contribution is -0.162. The molecule has 0 atom stereocenters. The van der Waals surface area contributed by atoms with Crippen LogP contribution < -0.4 is 10.6 Å². The molecular weight excluding hydrogens is 368 g/mol. The molecule has 1 aliphatic rings.